The Morgan fingerprint density at radius 3 is 2.34 bits per heavy atom. The highest BCUT2D eigenvalue weighted by Gasteiger charge is 2.09. The number of para-hydroxylation sites is 1. The molecule has 0 saturated heterocycles. The highest BCUT2D eigenvalue weighted by Crippen LogP contribution is 2.30. The van der Waals surface area contributed by atoms with Gasteiger partial charge in [-0.05, 0) is 60.9 Å². The molecule has 0 spiro atoms. The smallest absolute Gasteiger partial charge is 0.269 e. The molecule has 0 saturated carbocycles. The highest BCUT2D eigenvalue weighted by molar-refractivity contribution is 5.51. The van der Waals surface area contributed by atoms with Crippen LogP contribution in [0.3, 0.4) is 0 Å². The third-order valence-corrected chi connectivity index (χ3v) is 4.48. The van der Waals surface area contributed by atoms with E-state index >= 15 is 0 Å². The molecule has 0 aliphatic heterocycles. The fraction of sp³-hybridized carbons (Fsp3) is 0.217. The topological polar surface area (TPSA) is 73.6 Å². The molecule has 0 amide bonds. The Morgan fingerprint density at radius 1 is 0.931 bits per heavy atom. The van der Waals surface area contributed by atoms with Gasteiger partial charge in [-0.3, -0.25) is 10.1 Å². The van der Waals surface area contributed by atoms with Crippen molar-refractivity contribution in [2.75, 3.05) is 11.9 Å². The van der Waals surface area contributed by atoms with Gasteiger partial charge in [0.2, 0.25) is 0 Å². The summed E-state index contributed by atoms with van der Waals surface area (Å²) in [6.45, 7) is 5.51. The highest BCUT2D eigenvalue weighted by atomic mass is 16.6. The van der Waals surface area contributed by atoms with E-state index in [1.807, 2.05) is 37.3 Å². The number of ether oxygens (including phenoxy) is 2. The van der Waals surface area contributed by atoms with Gasteiger partial charge in [0.15, 0.2) is 11.5 Å². The van der Waals surface area contributed by atoms with Gasteiger partial charge in [-0.25, -0.2) is 0 Å². The van der Waals surface area contributed by atoms with Crippen LogP contribution in [-0.4, -0.2) is 11.5 Å². The van der Waals surface area contributed by atoms with Crippen molar-refractivity contribution in [2.24, 2.45) is 0 Å². The Hall–Kier alpha value is -3.54. The molecule has 0 fully saturated rings. The first-order chi connectivity index (χ1) is 14.1. The predicted molar refractivity (Wildman–Crippen MR) is 114 cm³/mol. The number of nitrogens with one attached hydrogen (secondary N) is 1. The summed E-state index contributed by atoms with van der Waals surface area (Å²) in [5.74, 6) is 1.32. The van der Waals surface area contributed by atoms with Crippen molar-refractivity contribution in [3.05, 3.63) is 93.5 Å². The molecule has 0 unspecified atom stereocenters. The lowest BCUT2D eigenvalue weighted by atomic mass is 10.1. The second kappa shape index (κ2) is 9.59. The van der Waals surface area contributed by atoms with Crippen molar-refractivity contribution in [1.82, 2.24) is 0 Å². The first-order valence-electron chi connectivity index (χ1n) is 9.48. The maximum atomic E-state index is 10.8. The summed E-state index contributed by atoms with van der Waals surface area (Å²) < 4.78 is 11.6. The van der Waals surface area contributed by atoms with Crippen LogP contribution in [0.15, 0.2) is 66.7 Å². The van der Waals surface area contributed by atoms with E-state index in [-0.39, 0.29) is 5.69 Å². The Balaban J connectivity index is 1.67. The second-order valence-corrected chi connectivity index (χ2v) is 6.59. The van der Waals surface area contributed by atoms with Gasteiger partial charge in [0.1, 0.15) is 6.61 Å². The van der Waals surface area contributed by atoms with Crippen molar-refractivity contribution in [2.45, 2.75) is 27.0 Å². The molecular weight excluding hydrogens is 368 g/mol. The molecule has 0 bridgehead atoms. The maximum absolute atomic E-state index is 10.8. The molecule has 3 aromatic carbocycles. The van der Waals surface area contributed by atoms with Gasteiger partial charge in [-0.15, -0.1) is 0 Å². The summed E-state index contributed by atoms with van der Waals surface area (Å²) in [6, 6.07) is 20.4. The quantitative estimate of drug-likeness (QED) is 0.385. The molecule has 6 nitrogen and oxygen atoms in total. The van der Waals surface area contributed by atoms with E-state index < -0.39 is 4.92 Å². The summed E-state index contributed by atoms with van der Waals surface area (Å²) in [4.78, 5) is 10.3. The minimum Gasteiger partial charge on any atom is -0.490 e. The van der Waals surface area contributed by atoms with Crippen LogP contribution in [0.1, 0.15) is 23.6 Å². The fourth-order valence-corrected chi connectivity index (χ4v) is 2.89. The average molecular weight is 392 g/mol. The van der Waals surface area contributed by atoms with Crippen molar-refractivity contribution in [1.29, 1.82) is 0 Å². The zero-order valence-corrected chi connectivity index (χ0v) is 16.6. The summed E-state index contributed by atoms with van der Waals surface area (Å²) in [7, 11) is 0. The standard InChI is InChI=1S/C23H24N2O4/c1-3-28-23-14-19(15-24-21-7-5-4-6-17(21)2)10-13-22(23)29-16-18-8-11-20(12-9-18)25(26)27/h4-14,24H,3,15-16H2,1-2H3. The SMILES string of the molecule is CCOc1cc(CNc2ccccc2C)ccc1OCc1ccc([N+](=O)[O-])cc1. The average Bonchev–Trinajstić information content (AvgIpc) is 2.73. The maximum Gasteiger partial charge on any atom is 0.269 e. The fourth-order valence-electron chi connectivity index (χ4n) is 2.89. The zero-order valence-electron chi connectivity index (χ0n) is 16.6. The number of nitro groups is 1. The second-order valence-electron chi connectivity index (χ2n) is 6.59. The number of hydrogen-bond donors (Lipinski definition) is 1. The molecule has 6 heteroatoms. The Labute approximate surface area is 170 Å². The molecular formula is C23H24N2O4. The molecule has 0 aromatic heterocycles. The lowest BCUT2D eigenvalue weighted by molar-refractivity contribution is -0.384. The number of hydrogen-bond acceptors (Lipinski definition) is 5. The molecule has 3 rings (SSSR count). The first-order valence-corrected chi connectivity index (χ1v) is 9.48. The van der Waals surface area contributed by atoms with Gasteiger partial charge in [-0.1, -0.05) is 24.3 Å². The minimum atomic E-state index is -0.415. The van der Waals surface area contributed by atoms with Crippen LogP contribution in [0.2, 0.25) is 0 Å². The number of benzene rings is 3. The molecule has 29 heavy (non-hydrogen) atoms. The van der Waals surface area contributed by atoms with E-state index in [0.717, 1.165) is 16.8 Å². The minimum absolute atomic E-state index is 0.0641. The lowest BCUT2D eigenvalue weighted by Crippen LogP contribution is -2.03. The van der Waals surface area contributed by atoms with E-state index in [2.05, 4.69) is 24.4 Å². The lowest BCUT2D eigenvalue weighted by Gasteiger charge is -2.15. The summed E-state index contributed by atoms with van der Waals surface area (Å²) in [5.41, 5.74) is 4.29. The number of non-ortho nitro benzene ring substituents is 1. The third-order valence-electron chi connectivity index (χ3n) is 4.48. The number of nitro benzene ring substituents is 1. The van der Waals surface area contributed by atoms with Gasteiger partial charge < -0.3 is 14.8 Å². The first kappa shape index (κ1) is 20.2. The van der Waals surface area contributed by atoms with E-state index in [1.54, 1.807) is 12.1 Å². The van der Waals surface area contributed by atoms with Gasteiger partial charge in [0, 0.05) is 24.4 Å². The van der Waals surface area contributed by atoms with E-state index in [4.69, 9.17) is 9.47 Å². The van der Waals surface area contributed by atoms with Crippen LogP contribution >= 0.6 is 0 Å². The third kappa shape index (κ3) is 5.48. The predicted octanol–water partition coefficient (Wildman–Crippen LogP) is 5.49. The van der Waals surface area contributed by atoms with Crippen LogP contribution < -0.4 is 14.8 Å². The monoisotopic (exact) mass is 392 g/mol. The summed E-state index contributed by atoms with van der Waals surface area (Å²) in [5, 5.41) is 14.2. The number of aryl methyl sites for hydroxylation is 1. The van der Waals surface area contributed by atoms with Crippen molar-refractivity contribution < 1.29 is 14.4 Å². The van der Waals surface area contributed by atoms with Crippen molar-refractivity contribution >= 4 is 11.4 Å². The van der Waals surface area contributed by atoms with E-state index in [9.17, 15) is 10.1 Å². The zero-order chi connectivity index (χ0) is 20.6. The van der Waals surface area contributed by atoms with Gasteiger partial charge >= 0.3 is 0 Å². The normalized spacial score (nSPS) is 10.4. The molecule has 1 N–H and O–H groups in total. The summed E-state index contributed by atoms with van der Waals surface area (Å²) in [6.07, 6.45) is 0. The molecule has 0 heterocycles. The molecule has 0 aliphatic rings. The Bertz CT molecular complexity index is 971. The van der Waals surface area contributed by atoms with Crippen LogP contribution in [0, 0.1) is 17.0 Å². The van der Waals surface area contributed by atoms with Crippen LogP contribution in [0.4, 0.5) is 11.4 Å². The van der Waals surface area contributed by atoms with E-state index in [0.29, 0.717) is 31.3 Å². The Kier molecular flexibility index (Phi) is 6.68. The van der Waals surface area contributed by atoms with Gasteiger partial charge in [0.25, 0.3) is 5.69 Å². The number of anilines is 1. The van der Waals surface area contributed by atoms with Gasteiger partial charge in [0.05, 0.1) is 11.5 Å². The largest absolute Gasteiger partial charge is 0.490 e. The van der Waals surface area contributed by atoms with Crippen LogP contribution in [0.25, 0.3) is 0 Å². The van der Waals surface area contributed by atoms with Gasteiger partial charge in [-0.2, -0.15) is 0 Å². The van der Waals surface area contributed by atoms with Crippen LogP contribution in [0.5, 0.6) is 11.5 Å². The van der Waals surface area contributed by atoms with Crippen LogP contribution in [-0.2, 0) is 13.2 Å². The van der Waals surface area contributed by atoms with Crippen molar-refractivity contribution in [3.8, 4) is 11.5 Å². The molecule has 150 valence electrons. The van der Waals surface area contributed by atoms with E-state index in [1.165, 1.54) is 17.7 Å². The summed E-state index contributed by atoms with van der Waals surface area (Å²) >= 11 is 0. The molecule has 0 atom stereocenters. The molecule has 0 radical (unpaired) electrons. The Morgan fingerprint density at radius 2 is 1.66 bits per heavy atom. The number of rotatable bonds is 9. The van der Waals surface area contributed by atoms with Crippen molar-refractivity contribution in [3.63, 3.8) is 0 Å². The molecule has 0 aliphatic carbocycles. The molecule has 3 aromatic rings. The number of nitrogens with zero attached hydrogens (tertiary/aromatic N) is 1.